The number of hydrogen-bond donors (Lipinski definition) is 1. The van der Waals surface area contributed by atoms with E-state index < -0.39 is 12.0 Å². The summed E-state index contributed by atoms with van der Waals surface area (Å²) in [6.45, 7) is 2.19. The van der Waals surface area contributed by atoms with E-state index in [1.807, 2.05) is 0 Å². The number of carbonyl (C=O) groups is 2. The molecule has 0 spiro atoms. The van der Waals surface area contributed by atoms with Crippen LogP contribution in [0.2, 0.25) is 0 Å². The number of likely N-dealkylation sites (tertiary alicyclic amines) is 1. The lowest BCUT2D eigenvalue weighted by Gasteiger charge is -2.21. The topological polar surface area (TPSA) is 76.1 Å². The van der Waals surface area contributed by atoms with Crippen LogP contribution in [-0.2, 0) is 19.1 Å². The van der Waals surface area contributed by atoms with Gasteiger partial charge >= 0.3 is 5.97 Å². The number of amides is 1. The molecule has 2 heterocycles. The summed E-state index contributed by atoms with van der Waals surface area (Å²) in [5, 5.41) is 9.01. The molecule has 0 aromatic carbocycles. The molecule has 2 rings (SSSR count). The predicted molar refractivity (Wildman–Crippen MR) is 66.8 cm³/mol. The zero-order valence-electron chi connectivity index (χ0n) is 11.0. The van der Waals surface area contributed by atoms with Gasteiger partial charge in [-0.2, -0.15) is 0 Å². The smallest absolute Gasteiger partial charge is 0.326 e. The summed E-state index contributed by atoms with van der Waals surface area (Å²) in [6.07, 6.45) is 3.81. The Hall–Kier alpha value is -1.14. The van der Waals surface area contributed by atoms with Gasteiger partial charge in [-0.3, -0.25) is 4.79 Å². The summed E-state index contributed by atoms with van der Waals surface area (Å²) in [5.41, 5.74) is 0. The quantitative estimate of drug-likeness (QED) is 0.718. The Balaban J connectivity index is 1.64. The van der Waals surface area contributed by atoms with Crippen LogP contribution in [0.3, 0.4) is 0 Å². The second kappa shape index (κ2) is 6.86. The van der Waals surface area contributed by atoms with E-state index in [2.05, 4.69) is 0 Å². The first-order valence-electron chi connectivity index (χ1n) is 6.90. The summed E-state index contributed by atoms with van der Waals surface area (Å²) < 4.78 is 10.8. The molecule has 6 nitrogen and oxygen atoms in total. The maximum absolute atomic E-state index is 11.9. The molecule has 1 N–H and O–H groups in total. The predicted octanol–water partition coefficient (Wildman–Crippen LogP) is 0.648. The average Bonchev–Trinajstić information content (AvgIpc) is 3.04. The van der Waals surface area contributed by atoms with Crippen LogP contribution in [0.15, 0.2) is 0 Å². The van der Waals surface area contributed by atoms with Gasteiger partial charge in [0.2, 0.25) is 5.91 Å². The molecule has 2 atom stereocenters. The number of carboxylic acids is 1. The van der Waals surface area contributed by atoms with Gasteiger partial charge in [0.1, 0.15) is 6.04 Å². The van der Waals surface area contributed by atoms with E-state index in [9.17, 15) is 9.59 Å². The standard InChI is InChI=1S/C13H21NO5/c15-12(14-6-1-4-11(14)13(16)17)5-8-18-9-10-3-2-7-19-10/h10-11H,1-9H2,(H,16,17)/t10?,11-/m0/s1. The molecular formula is C13H21NO5. The Morgan fingerprint density at radius 2 is 2.16 bits per heavy atom. The highest BCUT2D eigenvalue weighted by Crippen LogP contribution is 2.18. The monoisotopic (exact) mass is 271 g/mol. The van der Waals surface area contributed by atoms with Crippen molar-refractivity contribution in [3.63, 3.8) is 0 Å². The normalized spacial score (nSPS) is 26.8. The van der Waals surface area contributed by atoms with E-state index in [1.54, 1.807) is 0 Å². The highest BCUT2D eigenvalue weighted by atomic mass is 16.5. The largest absolute Gasteiger partial charge is 0.480 e. The molecule has 6 heteroatoms. The van der Waals surface area contributed by atoms with Gasteiger partial charge in [0, 0.05) is 13.2 Å². The number of nitrogens with zero attached hydrogens (tertiary/aromatic N) is 1. The van der Waals surface area contributed by atoms with Crippen molar-refractivity contribution in [3.05, 3.63) is 0 Å². The zero-order chi connectivity index (χ0) is 13.7. The third-order valence-electron chi connectivity index (χ3n) is 3.65. The van der Waals surface area contributed by atoms with Crippen molar-refractivity contribution in [2.75, 3.05) is 26.4 Å². The Morgan fingerprint density at radius 1 is 1.32 bits per heavy atom. The van der Waals surface area contributed by atoms with Gasteiger partial charge < -0.3 is 19.5 Å². The Bertz CT molecular complexity index is 327. The van der Waals surface area contributed by atoms with Crippen molar-refractivity contribution in [1.29, 1.82) is 0 Å². The fourth-order valence-corrected chi connectivity index (χ4v) is 2.62. The minimum atomic E-state index is -0.911. The molecule has 0 aliphatic carbocycles. The highest BCUT2D eigenvalue weighted by molar-refractivity contribution is 5.84. The molecule has 0 bridgehead atoms. The number of rotatable bonds is 6. The third kappa shape index (κ3) is 3.91. The van der Waals surface area contributed by atoms with E-state index in [0.29, 0.717) is 26.2 Å². The summed E-state index contributed by atoms with van der Waals surface area (Å²) in [5.74, 6) is -1.04. The number of ether oxygens (including phenoxy) is 2. The minimum Gasteiger partial charge on any atom is -0.480 e. The van der Waals surface area contributed by atoms with E-state index in [1.165, 1.54) is 4.90 Å². The van der Waals surface area contributed by atoms with Crippen LogP contribution in [0.5, 0.6) is 0 Å². The Kier molecular flexibility index (Phi) is 5.15. The van der Waals surface area contributed by atoms with Crippen molar-refractivity contribution in [2.45, 2.75) is 44.2 Å². The van der Waals surface area contributed by atoms with E-state index in [4.69, 9.17) is 14.6 Å². The molecule has 19 heavy (non-hydrogen) atoms. The van der Waals surface area contributed by atoms with Gasteiger partial charge in [-0.05, 0) is 25.7 Å². The van der Waals surface area contributed by atoms with Crippen molar-refractivity contribution in [3.8, 4) is 0 Å². The van der Waals surface area contributed by atoms with Crippen LogP contribution >= 0.6 is 0 Å². The lowest BCUT2D eigenvalue weighted by atomic mass is 10.2. The first kappa shape index (κ1) is 14.3. The summed E-state index contributed by atoms with van der Waals surface area (Å²) >= 11 is 0. The van der Waals surface area contributed by atoms with Crippen LogP contribution in [-0.4, -0.2) is 60.4 Å². The fraction of sp³-hybridized carbons (Fsp3) is 0.846. The molecule has 2 saturated heterocycles. The van der Waals surface area contributed by atoms with Crippen LogP contribution in [0.25, 0.3) is 0 Å². The summed E-state index contributed by atoms with van der Waals surface area (Å²) in [7, 11) is 0. The Labute approximate surface area is 112 Å². The molecule has 2 aliphatic rings. The van der Waals surface area contributed by atoms with Crippen LogP contribution in [0.4, 0.5) is 0 Å². The SMILES string of the molecule is O=C(O)[C@@H]1CCCN1C(=O)CCOCC1CCCO1. The maximum Gasteiger partial charge on any atom is 0.326 e. The molecule has 1 unspecified atom stereocenters. The lowest BCUT2D eigenvalue weighted by molar-refractivity contribution is -0.148. The highest BCUT2D eigenvalue weighted by Gasteiger charge is 2.33. The molecule has 108 valence electrons. The summed E-state index contributed by atoms with van der Waals surface area (Å²) in [6, 6.07) is -0.648. The van der Waals surface area contributed by atoms with Gasteiger partial charge in [0.25, 0.3) is 0 Å². The first-order chi connectivity index (χ1) is 9.18. The zero-order valence-corrected chi connectivity index (χ0v) is 11.0. The first-order valence-corrected chi connectivity index (χ1v) is 6.90. The van der Waals surface area contributed by atoms with Crippen LogP contribution < -0.4 is 0 Å². The van der Waals surface area contributed by atoms with Crippen molar-refractivity contribution < 1.29 is 24.2 Å². The van der Waals surface area contributed by atoms with Gasteiger partial charge in [-0.1, -0.05) is 0 Å². The molecule has 0 radical (unpaired) electrons. The number of hydrogen-bond acceptors (Lipinski definition) is 4. The van der Waals surface area contributed by atoms with E-state index >= 15 is 0 Å². The fourth-order valence-electron chi connectivity index (χ4n) is 2.62. The van der Waals surface area contributed by atoms with Crippen LogP contribution in [0.1, 0.15) is 32.1 Å². The van der Waals surface area contributed by atoms with Gasteiger partial charge in [0.05, 0.1) is 25.7 Å². The molecular weight excluding hydrogens is 250 g/mol. The van der Waals surface area contributed by atoms with Gasteiger partial charge in [-0.25, -0.2) is 4.79 Å². The number of carboxylic acid groups (broad SMARTS) is 1. The second-order valence-corrected chi connectivity index (χ2v) is 5.04. The molecule has 2 fully saturated rings. The average molecular weight is 271 g/mol. The van der Waals surface area contributed by atoms with Crippen molar-refractivity contribution in [2.24, 2.45) is 0 Å². The molecule has 0 aromatic rings. The van der Waals surface area contributed by atoms with Crippen LogP contribution in [0, 0.1) is 0 Å². The number of aliphatic carboxylic acids is 1. The lowest BCUT2D eigenvalue weighted by Crippen LogP contribution is -2.40. The van der Waals surface area contributed by atoms with Crippen molar-refractivity contribution in [1.82, 2.24) is 4.90 Å². The number of carbonyl (C=O) groups excluding carboxylic acids is 1. The third-order valence-corrected chi connectivity index (χ3v) is 3.65. The van der Waals surface area contributed by atoms with Gasteiger partial charge in [0.15, 0.2) is 0 Å². The van der Waals surface area contributed by atoms with E-state index in [-0.39, 0.29) is 18.4 Å². The molecule has 0 aromatic heterocycles. The van der Waals surface area contributed by atoms with E-state index in [0.717, 1.165) is 25.9 Å². The molecule has 1 amide bonds. The van der Waals surface area contributed by atoms with Crippen molar-refractivity contribution >= 4 is 11.9 Å². The second-order valence-electron chi connectivity index (χ2n) is 5.04. The maximum atomic E-state index is 11.9. The Morgan fingerprint density at radius 3 is 2.84 bits per heavy atom. The van der Waals surface area contributed by atoms with Gasteiger partial charge in [-0.15, -0.1) is 0 Å². The molecule has 2 aliphatic heterocycles. The summed E-state index contributed by atoms with van der Waals surface area (Å²) in [4.78, 5) is 24.3. The minimum absolute atomic E-state index is 0.128. The molecule has 0 saturated carbocycles.